The zero-order valence-corrected chi connectivity index (χ0v) is 25.0. The van der Waals surface area contributed by atoms with Crippen molar-refractivity contribution in [2.45, 2.75) is 70.1 Å². The number of aryl methyl sites for hydroxylation is 1. The number of benzene rings is 4. The zero-order valence-electron chi connectivity index (χ0n) is 25.0. The van der Waals surface area contributed by atoms with Crippen molar-refractivity contribution in [3.05, 3.63) is 142 Å². The van der Waals surface area contributed by atoms with Crippen molar-refractivity contribution in [2.24, 2.45) is 0 Å². The molecule has 1 fully saturated rings. The molecule has 1 aliphatic heterocycles. The standard InChI is InChI=1S/C40H41N/c1-28-20-22-32-29(2)34(39(3,36(32)26-28)27-30-14-7-5-8-15-30)18-13-19-37-40(24-11-6-12-25-40)35-23-21-31-16-9-10-17-33(31)38(35)41(37)4/h5,7-10,13-23,26H,6,11-12,24-25,27H2,1-4H3/b18-13+,37-19+. The predicted molar refractivity (Wildman–Crippen MR) is 176 cm³/mol. The first kappa shape index (κ1) is 26.1. The molecule has 41 heavy (non-hydrogen) atoms. The van der Waals surface area contributed by atoms with Gasteiger partial charge in [0.25, 0.3) is 0 Å². The van der Waals surface area contributed by atoms with E-state index in [9.17, 15) is 0 Å². The Morgan fingerprint density at radius 3 is 2.37 bits per heavy atom. The number of fused-ring (bicyclic) bond motifs is 5. The smallest absolute Gasteiger partial charge is 0.0527 e. The van der Waals surface area contributed by atoms with Gasteiger partial charge in [0.1, 0.15) is 0 Å². The molecule has 1 spiro atoms. The first-order valence-corrected chi connectivity index (χ1v) is 15.4. The Kier molecular flexibility index (Phi) is 6.31. The lowest BCUT2D eigenvalue weighted by atomic mass is 9.68. The summed E-state index contributed by atoms with van der Waals surface area (Å²) >= 11 is 0. The predicted octanol–water partition coefficient (Wildman–Crippen LogP) is 10.2. The van der Waals surface area contributed by atoms with Gasteiger partial charge in [-0.1, -0.05) is 129 Å². The van der Waals surface area contributed by atoms with E-state index < -0.39 is 0 Å². The van der Waals surface area contributed by atoms with Crippen molar-refractivity contribution >= 4 is 22.0 Å². The van der Waals surface area contributed by atoms with Gasteiger partial charge in [-0.3, -0.25) is 0 Å². The van der Waals surface area contributed by atoms with Crippen LogP contribution >= 0.6 is 0 Å². The van der Waals surface area contributed by atoms with E-state index in [2.05, 4.69) is 136 Å². The van der Waals surface area contributed by atoms with Crippen molar-refractivity contribution in [3.8, 4) is 0 Å². The van der Waals surface area contributed by atoms with E-state index in [0.29, 0.717) is 0 Å². The van der Waals surface area contributed by atoms with Gasteiger partial charge in [-0.25, -0.2) is 0 Å². The minimum atomic E-state index is -0.0644. The van der Waals surface area contributed by atoms with Crippen LogP contribution in [0.25, 0.3) is 16.3 Å². The van der Waals surface area contributed by atoms with E-state index in [-0.39, 0.29) is 10.8 Å². The highest BCUT2D eigenvalue weighted by atomic mass is 15.2. The zero-order chi connectivity index (χ0) is 28.2. The number of likely N-dealkylation sites (N-methyl/N-ethyl adjacent to an activating group) is 1. The molecule has 1 nitrogen and oxygen atoms in total. The van der Waals surface area contributed by atoms with Gasteiger partial charge in [0.15, 0.2) is 0 Å². The molecular formula is C40H41N. The maximum absolute atomic E-state index is 2.52. The molecule has 0 saturated heterocycles. The third-order valence-electron chi connectivity index (χ3n) is 10.4. The third-order valence-corrected chi connectivity index (χ3v) is 10.4. The number of hydrogen-bond acceptors (Lipinski definition) is 1. The van der Waals surface area contributed by atoms with E-state index in [0.717, 1.165) is 6.42 Å². The molecule has 1 atom stereocenters. The number of allylic oxidation sites excluding steroid dienone is 6. The lowest BCUT2D eigenvalue weighted by Crippen LogP contribution is -2.31. The highest BCUT2D eigenvalue weighted by Crippen LogP contribution is 2.56. The molecule has 1 heterocycles. The Hall–Kier alpha value is -3.84. The fourth-order valence-corrected chi connectivity index (χ4v) is 8.42. The lowest BCUT2D eigenvalue weighted by Gasteiger charge is -2.36. The van der Waals surface area contributed by atoms with Crippen LogP contribution in [0.3, 0.4) is 0 Å². The van der Waals surface area contributed by atoms with Crippen LogP contribution in [0.1, 0.15) is 73.8 Å². The molecule has 0 radical (unpaired) electrons. The van der Waals surface area contributed by atoms with Crippen LogP contribution in [-0.2, 0) is 17.3 Å². The van der Waals surface area contributed by atoms with Gasteiger partial charge < -0.3 is 4.90 Å². The Bertz CT molecular complexity index is 1730. The number of nitrogens with zero attached hydrogens (tertiary/aromatic N) is 1. The number of anilines is 1. The fourth-order valence-electron chi connectivity index (χ4n) is 8.42. The van der Waals surface area contributed by atoms with Gasteiger partial charge in [-0.15, -0.1) is 0 Å². The molecule has 3 aliphatic rings. The van der Waals surface area contributed by atoms with E-state index >= 15 is 0 Å². The van der Waals surface area contributed by atoms with Crippen LogP contribution < -0.4 is 4.90 Å². The van der Waals surface area contributed by atoms with Crippen LogP contribution in [0.2, 0.25) is 0 Å². The molecule has 4 aromatic rings. The Morgan fingerprint density at radius 2 is 1.56 bits per heavy atom. The highest BCUT2D eigenvalue weighted by molar-refractivity contribution is 5.99. The maximum atomic E-state index is 2.52. The number of rotatable bonds is 4. The topological polar surface area (TPSA) is 3.24 Å². The molecule has 0 aromatic heterocycles. The molecule has 1 saturated carbocycles. The van der Waals surface area contributed by atoms with Gasteiger partial charge in [0.2, 0.25) is 0 Å². The third kappa shape index (κ3) is 4.04. The van der Waals surface area contributed by atoms with E-state index in [1.54, 1.807) is 0 Å². The van der Waals surface area contributed by atoms with Crippen molar-refractivity contribution < 1.29 is 0 Å². The first-order valence-electron chi connectivity index (χ1n) is 15.4. The molecule has 1 heteroatoms. The molecule has 2 aliphatic carbocycles. The summed E-state index contributed by atoms with van der Waals surface area (Å²) in [6.45, 7) is 7.00. The summed E-state index contributed by atoms with van der Waals surface area (Å²) < 4.78 is 0. The first-order chi connectivity index (χ1) is 19.9. The average Bonchev–Trinajstić information content (AvgIpc) is 3.34. The van der Waals surface area contributed by atoms with Crippen LogP contribution in [0.15, 0.2) is 114 Å². The quantitative estimate of drug-likeness (QED) is 0.251. The van der Waals surface area contributed by atoms with Crippen LogP contribution in [-0.4, -0.2) is 7.05 Å². The molecule has 206 valence electrons. The van der Waals surface area contributed by atoms with Gasteiger partial charge >= 0.3 is 0 Å². The van der Waals surface area contributed by atoms with Gasteiger partial charge in [-0.05, 0) is 78.0 Å². The summed E-state index contributed by atoms with van der Waals surface area (Å²) in [5.41, 5.74) is 12.9. The lowest BCUT2D eigenvalue weighted by molar-refractivity contribution is 0.347. The van der Waals surface area contributed by atoms with Crippen molar-refractivity contribution in [1.29, 1.82) is 0 Å². The molecule has 7 rings (SSSR count). The van der Waals surface area contributed by atoms with Crippen molar-refractivity contribution in [3.63, 3.8) is 0 Å². The van der Waals surface area contributed by atoms with Crippen molar-refractivity contribution in [2.75, 3.05) is 11.9 Å². The second-order valence-electron chi connectivity index (χ2n) is 12.9. The van der Waals surface area contributed by atoms with E-state index in [1.807, 2.05) is 0 Å². The highest BCUT2D eigenvalue weighted by Gasteiger charge is 2.47. The van der Waals surface area contributed by atoms with Gasteiger partial charge in [0.05, 0.1) is 5.69 Å². The van der Waals surface area contributed by atoms with Crippen LogP contribution in [0, 0.1) is 6.92 Å². The molecule has 0 N–H and O–H groups in total. The maximum Gasteiger partial charge on any atom is 0.0527 e. The summed E-state index contributed by atoms with van der Waals surface area (Å²) in [4.78, 5) is 2.52. The number of hydrogen-bond donors (Lipinski definition) is 0. The molecular weight excluding hydrogens is 494 g/mol. The summed E-state index contributed by atoms with van der Waals surface area (Å²) in [6, 6.07) is 31.7. The minimum absolute atomic E-state index is 0.0644. The Labute approximate surface area is 245 Å². The summed E-state index contributed by atoms with van der Waals surface area (Å²) in [6.07, 6.45) is 14.7. The Morgan fingerprint density at radius 1 is 0.805 bits per heavy atom. The summed E-state index contributed by atoms with van der Waals surface area (Å²) in [7, 11) is 2.30. The SMILES string of the molecule is CC1=C(/C=C/C=C2/N(C)c3c(ccc4ccccc34)C23CCCCC3)C(C)(Cc2ccccc2)c2cc(C)ccc21. The molecule has 4 aromatic carbocycles. The summed E-state index contributed by atoms with van der Waals surface area (Å²) in [5.74, 6) is 0. The summed E-state index contributed by atoms with van der Waals surface area (Å²) in [5, 5.41) is 2.71. The molecule has 0 amide bonds. The average molecular weight is 536 g/mol. The van der Waals surface area contributed by atoms with Crippen molar-refractivity contribution in [1.82, 2.24) is 0 Å². The second kappa shape index (κ2) is 9.91. The molecule has 1 unspecified atom stereocenters. The van der Waals surface area contributed by atoms with Crippen LogP contribution in [0.4, 0.5) is 5.69 Å². The minimum Gasteiger partial charge on any atom is -0.347 e. The monoisotopic (exact) mass is 535 g/mol. The van der Waals surface area contributed by atoms with E-state index in [4.69, 9.17) is 0 Å². The van der Waals surface area contributed by atoms with Crippen LogP contribution in [0.5, 0.6) is 0 Å². The van der Waals surface area contributed by atoms with Gasteiger partial charge in [-0.2, -0.15) is 0 Å². The fraction of sp³-hybridized carbons (Fsp3) is 0.300. The van der Waals surface area contributed by atoms with Gasteiger partial charge in [0, 0.05) is 29.0 Å². The largest absolute Gasteiger partial charge is 0.347 e. The van der Waals surface area contributed by atoms with E-state index in [1.165, 1.54) is 93.2 Å². The normalized spacial score (nSPS) is 22.3. The second-order valence-corrected chi connectivity index (χ2v) is 12.9. The molecule has 0 bridgehead atoms. The Balaban J connectivity index is 1.33.